The standard InChI is InChI=1S/C28H30N4O4S2/c1-4-36-24-10-7-11-25-26(24)29-28(37-25)31(19-18-30(2)3)27(33)21-12-14-22(15-13-21)38(34,35)32-17-16-20-8-5-6-9-23(20)32/h5-15H,4,16-19H2,1-3H3. The van der Waals surface area contributed by atoms with Crippen LogP contribution in [0.25, 0.3) is 10.2 Å². The van der Waals surface area contributed by atoms with Crippen molar-refractivity contribution < 1.29 is 17.9 Å². The Morgan fingerprint density at radius 3 is 2.53 bits per heavy atom. The number of fused-ring (bicyclic) bond motifs is 2. The van der Waals surface area contributed by atoms with Gasteiger partial charge in [0.25, 0.3) is 15.9 Å². The lowest BCUT2D eigenvalue weighted by Gasteiger charge is -2.22. The Kier molecular flexibility index (Phi) is 7.38. The maximum absolute atomic E-state index is 13.7. The Labute approximate surface area is 227 Å². The highest BCUT2D eigenvalue weighted by Crippen LogP contribution is 2.35. The van der Waals surface area contributed by atoms with Crippen LogP contribution in [-0.4, -0.2) is 64.5 Å². The first-order valence-electron chi connectivity index (χ1n) is 12.5. The van der Waals surface area contributed by atoms with Gasteiger partial charge >= 0.3 is 0 Å². The SMILES string of the molecule is CCOc1cccc2sc(N(CCN(C)C)C(=O)c3ccc(S(=O)(=O)N4CCc5ccccc54)cc3)nc12. The van der Waals surface area contributed by atoms with Crippen LogP contribution in [0.1, 0.15) is 22.8 Å². The third-order valence-electron chi connectivity index (χ3n) is 6.45. The van der Waals surface area contributed by atoms with Crippen molar-refractivity contribution in [2.75, 3.05) is 49.5 Å². The van der Waals surface area contributed by atoms with Gasteiger partial charge in [0.2, 0.25) is 0 Å². The Bertz CT molecular complexity index is 1570. The lowest BCUT2D eigenvalue weighted by molar-refractivity contribution is 0.0985. The van der Waals surface area contributed by atoms with Crippen molar-refractivity contribution in [1.82, 2.24) is 9.88 Å². The molecular formula is C28H30N4O4S2. The van der Waals surface area contributed by atoms with E-state index in [0.29, 0.717) is 54.8 Å². The van der Waals surface area contributed by atoms with E-state index in [4.69, 9.17) is 9.72 Å². The summed E-state index contributed by atoms with van der Waals surface area (Å²) in [6.45, 7) is 3.92. The van der Waals surface area contributed by atoms with E-state index in [1.54, 1.807) is 17.0 Å². The van der Waals surface area contributed by atoms with E-state index < -0.39 is 10.0 Å². The molecule has 0 N–H and O–H groups in total. The van der Waals surface area contributed by atoms with Gasteiger partial charge in [0.1, 0.15) is 11.3 Å². The van der Waals surface area contributed by atoms with Gasteiger partial charge in [-0.2, -0.15) is 0 Å². The topological polar surface area (TPSA) is 83.0 Å². The van der Waals surface area contributed by atoms with Crippen molar-refractivity contribution in [1.29, 1.82) is 0 Å². The second-order valence-corrected chi connectivity index (χ2v) is 12.1. The van der Waals surface area contributed by atoms with E-state index in [2.05, 4.69) is 0 Å². The molecule has 1 aliphatic rings. The van der Waals surface area contributed by atoms with Gasteiger partial charge < -0.3 is 9.64 Å². The minimum Gasteiger partial charge on any atom is -0.492 e. The summed E-state index contributed by atoms with van der Waals surface area (Å²) in [5.41, 5.74) is 2.85. The molecule has 1 aliphatic heterocycles. The van der Waals surface area contributed by atoms with Crippen molar-refractivity contribution in [3.63, 3.8) is 0 Å². The number of thiazole rings is 1. The molecule has 3 aromatic carbocycles. The molecule has 0 saturated carbocycles. The van der Waals surface area contributed by atoms with Gasteiger partial charge in [-0.3, -0.25) is 14.0 Å². The molecule has 38 heavy (non-hydrogen) atoms. The highest BCUT2D eigenvalue weighted by molar-refractivity contribution is 7.92. The quantitative estimate of drug-likeness (QED) is 0.302. The third kappa shape index (κ3) is 4.99. The highest BCUT2D eigenvalue weighted by atomic mass is 32.2. The molecule has 1 amide bonds. The smallest absolute Gasteiger partial charge is 0.264 e. The number of rotatable bonds is 9. The Morgan fingerprint density at radius 1 is 1.03 bits per heavy atom. The lowest BCUT2D eigenvalue weighted by Crippen LogP contribution is -2.36. The first-order valence-corrected chi connectivity index (χ1v) is 14.7. The number of anilines is 2. The van der Waals surface area contributed by atoms with Crippen molar-refractivity contribution in [2.45, 2.75) is 18.2 Å². The zero-order valence-electron chi connectivity index (χ0n) is 21.6. The number of sulfonamides is 1. The van der Waals surface area contributed by atoms with Crippen LogP contribution in [-0.2, 0) is 16.4 Å². The molecule has 2 heterocycles. The van der Waals surface area contributed by atoms with Crippen LogP contribution in [0.15, 0.2) is 71.6 Å². The lowest BCUT2D eigenvalue weighted by atomic mass is 10.2. The molecule has 10 heteroatoms. The van der Waals surface area contributed by atoms with Crippen LogP contribution in [0.3, 0.4) is 0 Å². The minimum absolute atomic E-state index is 0.159. The van der Waals surface area contributed by atoms with Crippen LogP contribution in [0.2, 0.25) is 0 Å². The van der Waals surface area contributed by atoms with Gasteiger partial charge in [-0.1, -0.05) is 35.6 Å². The zero-order valence-corrected chi connectivity index (χ0v) is 23.3. The average Bonchev–Trinajstić information content (AvgIpc) is 3.54. The molecule has 5 rings (SSSR count). The largest absolute Gasteiger partial charge is 0.492 e. The van der Waals surface area contributed by atoms with E-state index in [9.17, 15) is 13.2 Å². The third-order valence-corrected chi connectivity index (χ3v) is 9.32. The Hall–Kier alpha value is -3.47. The van der Waals surface area contributed by atoms with Gasteiger partial charge in [-0.25, -0.2) is 13.4 Å². The molecule has 0 bridgehead atoms. The fraction of sp³-hybridized carbons (Fsp3) is 0.286. The van der Waals surface area contributed by atoms with Crippen molar-refractivity contribution in [3.8, 4) is 5.75 Å². The number of ether oxygens (including phenoxy) is 1. The number of nitrogens with zero attached hydrogens (tertiary/aromatic N) is 4. The van der Waals surface area contributed by atoms with Gasteiger partial charge in [-0.05, 0) is 75.5 Å². The first kappa shape index (κ1) is 26.1. The summed E-state index contributed by atoms with van der Waals surface area (Å²) < 4.78 is 34.9. The maximum Gasteiger partial charge on any atom is 0.264 e. The zero-order chi connectivity index (χ0) is 26.9. The number of aromatic nitrogens is 1. The van der Waals surface area contributed by atoms with Crippen LogP contribution in [0.4, 0.5) is 10.8 Å². The molecule has 4 aromatic rings. The number of para-hydroxylation sites is 2. The second kappa shape index (κ2) is 10.7. The van der Waals surface area contributed by atoms with E-state index in [-0.39, 0.29) is 10.8 Å². The number of amides is 1. The number of hydrogen-bond acceptors (Lipinski definition) is 7. The number of benzene rings is 3. The van der Waals surface area contributed by atoms with Gasteiger partial charge in [-0.15, -0.1) is 0 Å². The summed E-state index contributed by atoms with van der Waals surface area (Å²) in [5.74, 6) is 0.449. The molecule has 0 spiro atoms. The number of carbonyl (C=O) groups excluding carboxylic acids is 1. The van der Waals surface area contributed by atoms with Gasteiger partial charge in [0, 0.05) is 25.2 Å². The van der Waals surface area contributed by atoms with Crippen LogP contribution in [0, 0.1) is 0 Å². The Balaban J connectivity index is 1.44. The van der Waals surface area contributed by atoms with E-state index in [1.807, 2.05) is 68.4 Å². The molecule has 0 aliphatic carbocycles. The fourth-order valence-electron chi connectivity index (χ4n) is 4.49. The molecule has 198 valence electrons. The van der Waals surface area contributed by atoms with Crippen molar-refractivity contribution >= 4 is 48.3 Å². The Morgan fingerprint density at radius 2 is 1.79 bits per heavy atom. The van der Waals surface area contributed by atoms with Crippen LogP contribution < -0.4 is 13.9 Å². The number of hydrogen-bond donors (Lipinski definition) is 0. The van der Waals surface area contributed by atoms with Gasteiger partial charge in [0.05, 0.1) is 21.9 Å². The van der Waals surface area contributed by atoms with Crippen LogP contribution >= 0.6 is 11.3 Å². The summed E-state index contributed by atoms with van der Waals surface area (Å²) >= 11 is 1.43. The second-order valence-electron chi connectivity index (χ2n) is 9.27. The predicted octanol–water partition coefficient (Wildman–Crippen LogP) is 4.65. The van der Waals surface area contributed by atoms with Gasteiger partial charge in [0.15, 0.2) is 5.13 Å². The summed E-state index contributed by atoms with van der Waals surface area (Å²) in [4.78, 5) is 22.3. The highest BCUT2D eigenvalue weighted by Gasteiger charge is 2.31. The van der Waals surface area contributed by atoms with E-state index in [0.717, 1.165) is 15.8 Å². The molecule has 0 saturated heterocycles. The molecular weight excluding hydrogens is 520 g/mol. The monoisotopic (exact) mass is 550 g/mol. The predicted molar refractivity (Wildman–Crippen MR) is 152 cm³/mol. The fourth-order valence-corrected chi connectivity index (χ4v) is 7.00. The summed E-state index contributed by atoms with van der Waals surface area (Å²) in [6, 6.07) is 19.5. The van der Waals surface area contributed by atoms with Crippen molar-refractivity contribution in [2.24, 2.45) is 0 Å². The van der Waals surface area contributed by atoms with E-state index >= 15 is 0 Å². The number of likely N-dealkylation sites (N-methyl/N-ethyl adjacent to an activating group) is 1. The first-order chi connectivity index (χ1) is 18.3. The van der Waals surface area contributed by atoms with Crippen LogP contribution in [0.5, 0.6) is 5.75 Å². The molecule has 1 aromatic heterocycles. The summed E-state index contributed by atoms with van der Waals surface area (Å²) in [6.07, 6.45) is 0.681. The maximum atomic E-state index is 13.7. The summed E-state index contributed by atoms with van der Waals surface area (Å²) in [7, 11) is 0.159. The molecule has 0 radical (unpaired) electrons. The summed E-state index contributed by atoms with van der Waals surface area (Å²) in [5, 5.41) is 0.573. The molecule has 0 fully saturated rings. The normalized spacial score (nSPS) is 13.2. The average molecular weight is 551 g/mol. The number of carbonyl (C=O) groups is 1. The van der Waals surface area contributed by atoms with E-state index in [1.165, 1.54) is 27.8 Å². The minimum atomic E-state index is -3.74. The van der Waals surface area contributed by atoms with Crippen molar-refractivity contribution in [3.05, 3.63) is 77.9 Å². The molecule has 0 unspecified atom stereocenters. The molecule has 0 atom stereocenters. The molecule has 8 nitrogen and oxygen atoms in total.